The quantitative estimate of drug-likeness (QED) is 0.0409. The van der Waals surface area contributed by atoms with Crippen molar-refractivity contribution >= 4 is 40.0 Å². The Kier molecular flexibility index (Phi) is 31.2. The molecule has 0 unspecified atom stereocenters. The Morgan fingerprint density at radius 2 is 0.234 bits per heavy atom. The van der Waals surface area contributed by atoms with Crippen molar-refractivity contribution in [2.75, 3.05) is 0 Å². The van der Waals surface area contributed by atoms with Crippen LogP contribution in [0.4, 0.5) is 52.7 Å². The fraction of sp³-hybridized carbons (Fsp3) is 0. The molecule has 708 valence electrons. The van der Waals surface area contributed by atoms with Crippen molar-refractivity contribution in [2.24, 2.45) is 0 Å². The Morgan fingerprint density at radius 3 is 0.372 bits per heavy atom. The molecule has 0 N–H and O–H groups in total. The van der Waals surface area contributed by atoms with Crippen LogP contribution in [0.5, 0.6) is 0 Å². The molecule has 19 heteroatoms. The van der Waals surface area contributed by atoms with Crippen molar-refractivity contribution in [3.8, 4) is 134 Å². The largest absolute Gasteiger partial charge is 0.907 e. The molecule has 0 aliphatic carbocycles. The normalized spacial score (nSPS) is 11.0. The summed E-state index contributed by atoms with van der Waals surface area (Å²) in [5, 5.41) is 25.2. The SMILES string of the molecule is Fc1ccccc1-c1cc([S+](c2ccccc2)c2ccccc2)c(-c2ccccc2F)c(-c2ccccc2F)c1-c1ccccc1F.Fc1ccccc1-c1cc([S+](c2ccccc2)c2ccccc2)c(-c2ccccc2F)c(-c2ccccc2F)c1-c1ccccc1F.Fc1ccccc1-c1cc([S+](c2ccccc2)c2ccccc2)c(-c2ccccc2F)c(-c2ccccc2F)c1-c1ccccc1F.[O-]B([O-])[O-]. The second-order valence-electron chi connectivity index (χ2n) is 33.0. The molecule has 0 radical (unpaired) electrons. The first-order chi connectivity index (χ1) is 70.8. The number of hydrogen-bond donors (Lipinski definition) is 0. The van der Waals surface area contributed by atoms with E-state index in [0.717, 1.165) is 29.4 Å². The smallest absolute Gasteiger partial charge is 0.175 e. The van der Waals surface area contributed by atoms with Gasteiger partial charge >= 0.3 is 0 Å². The summed E-state index contributed by atoms with van der Waals surface area (Å²) in [6.45, 7) is 0. The summed E-state index contributed by atoms with van der Waals surface area (Å²) < 4.78 is 193. The first-order valence-corrected chi connectivity index (χ1v) is 49.6. The molecule has 0 amide bonds. The maximum Gasteiger partial charge on any atom is 0.175 e. The predicted octanol–water partition coefficient (Wildman–Crippen LogP) is 32.1. The van der Waals surface area contributed by atoms with Gasteiger partial charge < -0.3 is 15.1 Å². The minimum atomic E-state index is -2.92. The summed E-state index contributed by atoms with van der Waals surface area (Å²) in [6.07, 6.45) is 0. The highest BCUT2D eigenvalue weighted by molar-refractivity contribution is 7.98. The molecule has 0 atom stereocenters. The van der Waals surface area contributed by atoms with Crippen LogP contribution < -0.4 is 15.1 Å². The molecule has 21 rings (SSSR count). The summed E-state index contributed by atoms with van der Waals surface area (Å²) in [5.74, 6) is -6.54. The fourth-order valence-corrected chi connectivity index (χ4v) is 24.9. The van der Waals surface area contributed by atoms with E-state index in [2.05, 4.69) is 0 Å². The van der Waals surface area contributed by atoms with E-state index >= 15 is 52.7 Å². The van der Waals surface area contributed by atoms with Gasteiger partial charge in [-0.3, -0.25) is 7.32 Å². The molecule has 0 fully saturated rings. The van der Waals surface area contributed by atoms with Crippen molar-refractivity contribution < 1.29 is 67.8 Å². The standard InChI is InChI=1S/3C42H27F4S.BO3/c3*43-35-23-11-7-19-30(35)34-27-39(47(28-15-3-1-4-16-28)29-17-5-2-6-18-29)41(32-21-9-13-25-37(32)45)42(33-22-10-14-26-38(33)46)40(34)31-20-8-12-24-36(31)44;2-1(3)4/h3*1-27H;/q3*+1;-3. The zero-order valence-electron chi connectivity index (χ0n) is 76.8. The van der Waals surface area contributed by atoms with Crippen LogP contribution in [0.3, 0.4) is 0 Å². The van der Waals surface area contributed by atoms with E-state index in [1.165, 1.54) is 72.8 Å². The lowest BCUT2D eigenvalue weighted by Crippen LogP contribution is -2.56. The van der Waals surface area contributed by atoms with Crippen LogP contribution in [-0.4, -0.2) is 7.32 Å². The van der Waals surface area contributed by atoms with Gasteiger partial charge in [-0.25, -0.2) is 52.7 Å². The third-order valence-electron chi connectivity index (χ3n) is 24.2. The van der Waals surface area contributed by atoms with E-state index in [1.54, 1.807) is 218 Å². The molecule has 0 aromatic heterocycles. The molecule has 0 saturated heterocycles. The molecular weight excluding hydrogens is 1900 g/mol. The van der Waals surface area contributed by atoms with Crippen molar-refractivity contribution in [1.29, 1.82) is 0 Å². The van der Waals surface area contributed by atoms with Crippen molar-refractivity contribution in [3.05, 3.63) is 561 Å². The average Bonchev–Trinajstić information content (AvgIpc) is 0.729. The topological polar surface area (TPSA) is 69.2 Å². The molecular formula is C126H81BF12O3S3. The minimum Gasteiger partial charge on any atom is -0.907 e. The Bertz CT molecular complexity index is 7310. The Balaban J connectivity index is 0.000000140. The van der Waals surface area contributed by atoms with Gasteiger partial charge in [0.15, 0.2) is 44.1 Å². The number of rotatable bonds is 21. The summed E-state index contributed by atoms with van der Waals surface area (Å²) in [4.78, 5) is 7.48. The average molecular weight is 1980 g/mol. The highest BCUT2D eigenvalue weighted by atomic mass is 32.2. The number of benzene rings is 21. The van der Waals surface area contributed by atoms with E-state index < -0.39 is 110 Å². The molecule has 3 nitrogen and oxygen atoms in total. The van der Waals surface area contributed by atoms with Gasteiger partial charge in [-0.15, -0.1) is 0 Å². The van der Waals surface area contributed by atoms with Crippen LogP contribution >= 0.6 is 0 Å². The lowest BCUT2D eigenvalue weighted by molar-refractivity contribution is -0.479. The first kappa shape index (κ1) is 98.9. The third-order valence-corrected chi connectivity index (χ3v) is 30.9. The van der Waals surface area contributed by atoms with Gasteiger partial charge in [0.05, 0.1) is 32.7 Å². The predicted molar refractivity (Wildman–Crippen MR) is 555 cm³/mol. The zero-order valence-corrected chi connectivity index (χ0v) is 79.3. The molecule has 0 aliphatic rings. The van der Waals surface area contributed by atoms with Crippen LogP contribution in [0.2, 0.25) is 0 Å². The monoisotopic (exact) mass is 1980 g/mol. The molecule has 0 bridgehead atoms. The Labute approximate surface area is 840 Å². The fourth-order valence-electron chi connectivity index (χ4n) is 18.1. The third kappa shape index (κ3) is 21.3. The summed E-state index contributed by atoms with van der Waals surface area (Å²) in [6, 6.07) is 139. The molecule has 21 aromatic carbocycles. The highest BCUT2D eigenvalue weighted by Crippen LogP contribution is 2.58. The van der Waals surface area contributed by atoms with Crippen LogP contribution in [0.1, 0.15) is 0 Å². The molecule has 0 spiro atoms. The minimum absolute atomic E-state index is 0.146. The lowest BCUT2D eigenvalue weighted by atomic mass is 9.82. The van der Waals surface area contributed by atoms with Crippen LogP contribution in [-0.2, 0) is 32.7 Å². The maximum absolute atomic E-state index is 16.2. The summed E-state index contributed by atoms with van der Waals surface area (Å²) >= 11 is 0. The summed E-state index contributed by atoms with van der Waals surface area (Å²) in [5.41, 5.74) is 6.15. The second kappa shape index (κ2) is 45.8. The molecule has 0 aliphatic heterocycles. The van der Waals surface area contributed by atoms with Gasteiger partial charge in [-0.2, -0.15) is 0 Å². The van der Waals surface area contributed by atoms with Gasteiger partial charge in [0.25, 0.3) is 0 Å². The van der Waals surface area contributed by atoms with Gasteiger partial charge in [-0.05, 0) is 162 Å². The van der Waals surface area contributed by atoms with Gasteiger partial charge in [0, 0.05) is 135 Å². The van der Waals surface area contributed by atoms with E-state index in [9.17, 15) is 0 Å². The van der Waals surface area contributed by atoms with Crippen LogP contribution in [0.25, 0.3) is 134 Å². The summed E-state index contributed by atoms with van der Waals surface area (Å²) in [7, 11) is -5.59. The van der Waals surface area contributed by atoms with E-state index in [0.29, 0.717) is 48.1 Å². The molecule has 145 heavy (non-hydrogen) atoms. The van der Waals surface area contributed by atoms with Crippen LogP contribution in [0, 0.1) is 69.8 Å². The van der Waals surface area contributed by atoms with Crippen molar-refractivity contribution in [2.45, 2.75) is 44.1 Å². The van der Waals surface area contributed by atoms with Gasteiger partial charge in [0.2, 0.25) is 0 Å². The first-order valence-electron chi connectivity index (χ1n) is 45.9. The van der Waals surface area contributed by atoms with E-state index in [4.69, 9.17) is 15.1 Å². The second-order valence-corrected chi connectivity index (χ2v) is 39.0. The highest BCUT2D eigenvalue weighted by Gasteiger charge is 2.43. The maximum atomic E-state index is 16.2. The van der Waals surface area contributed by atoms with Crippen molar-refractivity contribution in [1.82, 2.24) is 0 Å². The molecule has 21 aromatic rings. The lowest BCUT2D eigenvalue weighted by Gasteiger charge is -2.35. The molecule has 0 heterocycles. The van der Waals surface area contributed by atoms with Crippen molar-refractivity contribution in [3.63, 3.8) is 0 Å². The Hall–Kier alpha value is -16.2. The number of halogens is 12. The van der Waals surface area contributed by atoms with Gasteiger partial charge in [0.1, 0.15) is 69.8 Å². The Morgan fingerprint density at radius 1 is 0.124 bits per heavy atom. The zero-order chi connectivity index (χ0) is 101. The van der Waals surface area contributed by atoms with Gasteiger partial charge in [-0.1, -0.05) is 328 Å². The van der Waals surface area contributed by atoms with E-state index in [-0.39, 0.29) is 100 Å². The van der Waals surface area contributed by atoms with E-state index in [1.807, 2.05) is 200 Å². The number of hydrogen-bond acceptors (Lipinski definition) is 3. The van der Waals surface area contributed by atoms with Crippen LogP contribution in [0.15, 0.2) is 535 Å². The molecule has 0 saturated carbocycles.